The van der Waals surface area contributed by atoms with Crippen molar-refractivity contribution in [2.24, 2.45) is 0 Å². The highest BCUT2D eigenvalue weighted by atomic mass is 32.2. The summed E-state index contributed by atoms with van der Waals surface area (Å²) in [6, 6.07) is 0. The highest BCUT2D eigenvalue weighted by Gasteiger charge is 2.09. The van der Waals surface area contributed by atoms with E-state index >= 15 is 0 Å². The minimum Gasteiger partial charge on any atom is -0.308 e. The minimum absolute atomic E-state index is 0.0752. The maximum atomic E-state index is 10.8. The van der Waals surface area contributed by atoms with E-state index in [4.69, 9.17) is 0 Å². The van der Waals surface area contributed by atoms with Gasteiger partial charge in [0.25, 0.3) is 0 Å². The van der Waals surface area contributed by atoms with Crippen molar-refractivity contribution in [3.8, 4) is 0 Å². The van der Waals surface area contributed by atoms with Gasteiger partial charge in [-0.05, 0) is 24.5 Å². The molecule has 1 aromatic rings. The van der Waals surface area contributed by atoms with Crippen molar-refractivity contribution in [3.05, 3.63) is 0 Å². The normalized spacial score (nSPS) is 10.7. The molecule has 0 saturated heterocycles. The number of carbonyl (C=O) groups excluding carboxylic acids is 2. The van der Waals surface area contributed by atoms with Crippen LogP contribution in [0.1, 0.15) is 0 Å². The number of Topliss-reactive ketones (excluding diaryl/α,β-unsaturated/α-hetero) is 1. The maximum absolute atomic E-state index is 10.8. The van der Waals surface area contributed by atoms with Gasteiger partial charge in [-0.15, -0.1) is 5.10 Å². The lowest BCUT2D eigenvalue weighted by Crippen LogP contribution is -2.19. The fourth-order valence-electron chi connectivity index (χ4n) is 0.905. The van der Waals surface area contributed by atoms with Crippen LogP contribution in [0, 0.1) is 0 Å². The zero-order valence-corrected chi connectivity index (χ0v) is 9.98. The summed E-state index contributed by atoms with van der Waals surface area (Å²) < 4.78 is 1.61. The molecule has 0 aliphatic rings. The van der Waals surface area contributed by atoms with Crippen LogP contribution in [0.15, 0.2) is 5.16 Å². The van der Waals surface area contributed by atoms with Gasteiger partial charge in [0.1, 0.15) is 0 Å². The number of carbonyl (C=O) groups is 2. The van der Waals surface area contributed by atoms with E-state index < -0.39 is 5.78 Å². The lowest BCUT2D eigenvalue weighted by atomic mass is 10.5. The van der Waals surface area contributed by atoms with E-state index in [1.54, 1.807) is 4.68 Å². The van der Waals surface area contributed by atoms with Crippen molar-refractivity contribution >= 4 is 23.8 Å². The molecule has 0 fully saturated rings. The molecular weight excluding hydrogens is 230 g/mol. The summed E-state index contributed by atoms with van der Waals surface area (Å²) in [5, 5.41) is 11.7. The molecule has 1 rings (SSSR count). The molecular formula is C8H13N5O2S. The van der Waals surface area contributed by atoms with Crippen molar-refractivity contribution in [1.29, 1.82) is 0 Å². The van der Waals surface area contributed by atoms with Gasteiger partial charge in [-0.3, -0.25) is 9.59 Å². The van der Waals surface area contributed by atoms with E-state index in [-0.39, 0.29) is 5.75 Å². The number of nitrogens with zero attached hydrogens (tertiary/aromatic N) is 5. The predicted octanol–water partition coefficient (Wildman–Crippen LogP) is -0.905. The van der Waals surface area contributed by atoms with Crippen LogP contribution in [0.5, 0.6) is 0 Å². The van der Waals surface area contributed by atoms with Crippen LogP contribution in [-0.2, 0) is 16.1 Å². The van der Waals surface area contributed by atoms with E-state index in [2.05, 4.69) is 15.5 Å². The molecule has 0 aliphatic heterocycles. The van der Waals surface area contributed by atoms with Gasteiger partial charge in [0.2, 0.25) is 10.9 Å². The summed E-state index contributed by atoms with van der Waals surface area (Å²) in [7, 11) is 3.90. The Labute approximate surface area is 97.2 Å². The number of ketones is 1. The Morgan fingerprint density at radius 3 is 2.94 bits per heavy atom. The summed E-state index contributed by atoms with van der Waals surface area (Å²) in [6.07, 6.45) is 0.307. The average Bonchev–Trinajstić information content (AvgIpc) is 2.70. The summed E-state index contributed by atoms with van der Waals surface area (Å²) in [5.74, 6) is -0.390. The third-order valence-corrected chi connectivity index (χ3v) is 2.71. The first-order valence-corrected chi connectivity index (χ1v) is 5.63. The standard InChI is InChI=1S/C8H13N5O2S/c1-12(2)3-4-13-8(9-10-11-13)16-6-7(15)5-14/h5H,3-4,6H2,1-2H3. The van der Waals surface area contributed by atoms with Gasteiger partial charge in [0, 0.05) is 6.54 Å². The number of tetrazole rings is 1. The summed E-state index contributed by atoms with van der Waals surface area (Å²) in [4.78, 5) is 23.0. The molecule has 0 aliphatic carbocycles. The average molecular weight is 243 g/mol. The first kappa shape index (κ1) is 12.8. The number of thioether (sulfide) groups is 1. The molecule has 0 aromatic carbocycles. The van der Waals surface area contributed by atoms with Crippen LogP contribution < -0.4 is 0 Å². The van der Waals surface area contributed by atoms with Gasteiger partial charge < -0.3 is 4.90 Å². The number of aromatic nitrogens is 4. The molecule has 0 amide bonds. The third kappa shape index (κ3) is 4.07. The largest absolute Gasteiger partial charge is 0.308 e. The molecule has 0 atom stereocenters. The Bertz CT molecular complexity index is 365. The fraction of sp³-hybridized carbons (Fsp3) is 0.625. The van der Waals surface area contributed by atoms with Gasteiger partial charge in [-0.1, -0.05) is 11.8 Å². The zero-order chi connectivity index (χ0) is 12.0. The lowest BCUT2D eigenvalue weighted by Gasteiger charge is -2.09. The van der Waals surface area contributed by atoms with Gasteiger partial charge >= 0.3 is 0 Å². The molecule has 1 aromatic heterocycles. The van der Waals surface area contributed by atoms with E-state index in [0.29, 0.717) is 18.0 Å². The second kappa shape index (κ2) is 6.33. The van der Waals surface area contributed by atoms with E-state index in [9.17, 15) is 9.59 Å². The number of hydrogen-bond acceptors (Lipinski definition) is 7. The maximum Gasteiger partial charge on any atom is 0.209 e. The second-order valence-corrected chi connectivity index (χ2v) is 4.30. The second-order valence-electron chi connectivity index (χ2n) is 3.36. The van der Waals surface area contributed by atoms with Gasteiger partial charge in [0.05, 0.1) is 12.3 Å². The monoisotopic (exact) mass is 243 g/mol. The predicted molar refractivity (Wildman–Crippen MR) is 58.2 cm³/mol. The molecule has 0 N–H and O–H groups in total. The van der Waals surface area contributed by atoms with E-state index in [1.165, 1.54) is 11.8 Å². The van der Waals surface area contributed by atoms with Crippen LogP contribution in [0.4, 0.5) is 0 Å². The summed E-state index contributed by atoms with van der Waals surface area (Å²) >= 11 is 1.17. The van der Waals surface area contributed by atoms with Crippen LogP contribution in [0.3, 0.4) is 0 Å². The number of rotatable bonds is 7. The first-order chi connectivity index (χ1) is 7.63. The van der Waals surface area contributed by atoms with E-state index in [0.717, 1.165) is 6.54 Å². The van der Waals surface area contributed by atoms with Gasteiger partial charge in [-0.2, -0.15) is 0 Å². The molecule has 1 heterocycles. The smallest absolute Gasteiger partial charge is 0.209 e. The number of hydrogen-bond donors (Lipinski definition) is 0. The quantitative estimate of drug-likeness (QED) is 0.348. The highest BCUT2D eigenvalue weighted by Crippen LogP contribution is 2.12. The third-order valence-electron chi connectivity index (χ3n) is 1.73. The van der Waals surface area contributed by atoms with E-state index in [1.807, 2.05) is 19.0 Å². The summed E-state index contributed by atoms with van der Waals surface area (Å²) in [5.41, 5.74) is 0. The molecule has 7 nitrogen and oxygen atoms in total. The van der Waals surface area contributed by atoms with Gasteiger partial charge in [-0.25, -0.2) is 4.68 Å². The molecule has 88 valence electrons. The van der Waals surface area contributed by atoms with Crippen LogP contribution in [0.25, 0.3) is 0 Å². The van der Waals surface area contributed by atoms with Crippen molar-refractivity contribution in [1.82, 2.24) is 25.1 Å². The lowest BCUT2D eigenvalue weighted by molar-refractivity contribution is -0.128. The van der Waals surface area contributed by atoms with Crippen molar-refractivity contribution in [3.63, 3.8) is 0 Å². The van der Waals surface area contributed by atoms with Crippen LogP contribution >= 0.6 is 11.8 Å². The Kier molecular flexibility index (Phi) is 5.06. The minimum atomic E-state index is -0.466. The molecule has 0 radical (unpaired) electrons. The number of likely N-dealkylation sites (N-methyl/N-ethyl adjacent to an activating group) is 1. The molecule has 0 spiro atoms. The van der Waals surface area contributed by atoms with Crippen molar-refractivity contribution in [2.75, 3.05) is 26.4 Å². The van der Waals surface area contributed by atoms with Crippen LogP contribution in [-0.4, -0.2) is 63.6 Å². The Hall–Kier alpha value is -1.28. The highest BCUT2D eigenvalue weighted by molar-refractivity contribution is 7.99. The van der Waals surface area contributed by atoms with Crippen molar-refractivity contribution < 1.29 is 9.59 Å². The Balaban J connectivity index is 2.50. The molecule has 16 heavy (non-hydrogen) atoms. The Morgan fingerprint density at radius 2 is 2.31 bits per heavy atom. The van der Waals surface area contributed by atoms with Crippen LogP contribution in [0.2, 0.25) is 0 Å². The first-order valence-electron chi connectivity index (χ1n) is 4.65. The molecule has 0 unspecified atom stereocenters. The topological polar surface area (TPSA) is 81.0 Å². The van der Waals surface area contributed by atoms with Gasteiger partial charge in [0.15, 0.2) is 6.29 Å². The fourth-order valence-corrected chi connectivity index (χ4v) is 1.62. The zero-order valence-electron chi connectivity index (χ0n) is 9.16. The SMILES string of the molecule is CN(C)CCn1nnnc1SCC(=O)C=O. The number of aldehydes is 1. The summed E-state index contributed by atoms with van der Waals surface area (Å²) in [6.45, 7) is 1.46. The molecule has 0 saturated carbocycles. The Morgan fingerprint density at radius 1 is 1.56 bits per heavy atom. The van der Waals surface area contributed by atoms with Crippen molar-refractivity contribution in [2.45, 2.75) is 11.7 Å². The molecule has 0 bridgehead atoms. The molecule has 8 heteroatoms.